The predicted octanol–water partition coefficient (Wildman–Crippen LogP) is 2.20. The molecule has 0 aliphatic carbocycles. The van der Waals surface area contributed by atoms with Crippen LogP contribution in [0.25, 0.3) is 0 Å². The fourth-order valence-corrected chi connectivity index (χ4v) is 4.19. The molecule has 4 nitrogen and oxygen atoms in total. The van der Waals surface area contributed by atoms with Gasteiger partial charge in [-0.15, -0.1) is 0 Å². The minimum atomic E-state index is 0.252. The van der Waals surface area contributed by atoms with Crippen LogP contribution in [0.4, 0.5) is 0 Å². The van der Waals surface area contributed by atoms with Crippen LogP contribution in [0.3, 0.4) is 0 Å². The first-order chi connectivity index (χ1) is 9.49. The molecule has 0 aromatic carbocycles. The fourth-order valence-electron chi connectivity index (χ4n) is 2.91. The van der Waals surface area contributed by atoms with Gasteiger partial charge in [0.1, 0.15) is 0 Å². The molecule has 0 radical (unpaired) electrons. The predicted molar refractivity (Wildman–Crippen MR) is 87.6 cm³/mol. The van der Waals surface area contributed by atoms with Crippen molar-refractivity contribution in [3.8, 4) is 0 Å². The Labute approximate surface area is 127 Å². The van der Waals surface area contributed by atoms with Crippen molar-refractivity contribution in [1.82, 2.24) is 10.2 Å². The molecule has 1 spiro atoms. The highest BCUT2D eigenvalue weighted by atomic mass is 32.2. The van der Waals surface area contributed by atoms with Crippen LogP contribution in [0.15, 0.2) is 4.99 Å². The number of thioether (sulfide) groups is 1. The molecule has 2 aliphatic heterocycles. The van der Waals surface area contributed by atoms with Crippen molar-refractivity contribution in [2.45, 2.75) is 44.7 Å². The smallest absolute Gasteiger partial charge is 0.157 e. The Morgan fingerprint density at radius 3 is 2.65 bits per heavy atom. The van der Waals surface area contributed by atoms with Gasteiger partial charge in [0.25, 0.3) is 0 Å². The van der Waals surface area contributed by atoms with Gasteiger partial charge in [0.05, 0.1) is 11.6 Å². The molecular weight excluding hydrogens is 270 g/mol. The third-order valence-electron chi connectivity index (χ3n) is 3.93. The van der Waals surface area contributed by atoms with Crippen molar-refractivity contribution in [3.05, 3.63) is 0 Å². The first-order valence-electron chi connectivity index (χ1n) is 7.70. The van der Waals surface area contributed by atoms with E-state index in [1.54, 1.807) is 0 Å². The molecule has 1 N–H and O–H groups in total. The van der Waals surface area contributed by atoms with E-state index in [1.165, 1.54) is 0 Å². The molecule has 0 bridgehead atoms. The molecule has 2 heterocycles. The lowest BCUT2D eigenvalue weighted by atomic mass is 9.93. The summed E-state index contributed by atoms with van der Waals surface area (Å²) in [5, 5.41) is 4.85. The lowest BCUT2D eigenvalue weighted by molar-refractivity contribution is 0.0555. The van der Waals surface area contributed by atoms with E-state index in [4.69, 9.17) is 9.73 Å². The second kappa shape index (κ2) is 7.14. The first kappa shape index (κ1) is 16.1. The van der Waals surface area contributed by atoms with Crippen molar-refractivity contribution < 1.29 is 4.74 Å². The minimum Gasteiger partial charge on any atom is -0.381 e. The standard InChI is InChI=1S/C15H29N3OS/c1-12(2)9-13(10-18(3)4)16-14-17-15(11-20-14)5-7-19-8-6-15/h12-13H,5-11H2,1-4H3,(H,16,17). The number of rotatable bonds is 5. The molecule has 1 atom stereocenters. The van der Waals surface area contributed by atoms with E-state index in [9.17, 15) is 0 Å². The minimum absolute atomic E-state index is 0.252. The number of amidine groups is 1. The molecule has 0 aromatic heterocycles. The molecular formula is C15H29N3OS. The largest absolute Gasteiger partial charge is 0.381 e. The van der Waals surface area contributed by atoms with E-state index in [0.29, 0.717) is 12.0 Å². The maximum absolute atomic E-state index is 5.48. The molecule has 20 heavy (non-hydrogen) atoms. The Morgan fingerprint density at radius 2 is 2.05 bits per heavy atom. The third kappa shape index (κ3) is 4.64. The maximum atomic E-state index is 5.48. The van der Waals surface area contributed by atoms with E-state index in [-0.39, 0.29) is 5.54 Å². The molecule has 1 unspecified atom stereocenters. The van der Waals surface area contributed by atoms with Crippen molar-refractivity contribution in [1.29, 1.82) is 0 Å². The molecule has 2 fully saturated rings. The average molecular weight is 299 g/mol. The average Bonchev–Trinajstić information content (AvgIpc) is 2.71. The van der Waals surface area contributed by atoms with Crippen molar-refractivity contribution >= 4 is 16.9 Å². The number of hydrogen-bond acceptors (Lipinski definition) is 4. The number of aliphatic imine (C=N–C) groups is 1. The summed E-state index contributed by atoms with van der Waals surface area (Å²) in [6.07, 6.45) is 3.38. The van der Waals surface area contributed by atoms with Gasteiger partial charge < -0.3 is 15.0 Å². The third-order valence-corrected chi connectivity index (χ3v) is 5.10. The Kier molecular flexibility index (Phi) is 5.75. The van der Waals surface area contributed by atoms with Crippen molar-refractivity contribution in [2.24, 2.45) is 10.9 Å². The quantitative estimate of drug-likeness (QED) is 0.844. The van der Waals surface area contributed by atoms with Gasteiger partial charge in [-0.3, -0.25) is 4.99 Å². The first-order valence-corrected chi connectivity index (χ1v) is 8.69. The second-order valence-electron chi connectivity index (χ2n) is 6.79. The summed E-state index contributed by atoms with van der Waals surface area (Å²) in [5.74, 6) is 1.83. The highest BCUT2D eigenvalue weighted by Crippen LogP contribution is 2.32. The van der Waals surface area contributed by atoms with Crippen LogP contribution in [-0.4, -0.2) is 61.3 Å². The molecule has 0 amide bonds. The zero-order valence-electron chi connectivity index (χ0n) is 13.3. The highest BCUT2D eigenvalue weighted by Gasteiger charge is 2.38. The van der Waals surface area contributed by atoms with Gasteiger partial charge in [-0.2, -0.15) is 0 Å². The number of likely N-dealkylation sites (N-methyl/N-ethyl adjacent to an activating group) is 1. The van der Waals surface area contributed by atoms with E-state index in [0.717, 1.165) is 49.9 Å². The summed E-state index contributed by atoms with van der Waals surface area (Å²) in [7, 11) is 4.26. The van der Waals surface area contributed by atoms with Crippen LogP contribution in [0, 0.1) is 5.92 Å². The van der Waals surface area contributed by atoms with Crippen LogP contribution in [0.2, 0.25) is 0 Å². The van der Waals surface area contributed by atoms with Crippen molar-refractivity contribution in [2.75, 3.05) is 39.6 Å². The van der Waals surface area contributed by atoms with E-state index in [1.807, 2.05) is 11.8 Å². The van der Waals surface area contributed by atoms with Gasteiger partial charge in [0.15, 0.2) is 5.17 Å². The maximum Gasteiger partial charge on any atom is 0.157 e. The van der Waals surface area contributed by atoms with Gasteiger partial charge in [-0.05, 0) is 39.3 Å². The number of nitrogens with zero attached hydrogens (tertiary/aromatic N) is 2. The molecule has 0 aromatic rings. The molecule has 2 saturated heterocycles. The zero-order chi connectivity index (χ0) is 14.6. The van der Waals surface area contributed by atoms with E-state index in [2.05, 4.69) is 38.2 Å². The normalized spacial score (nSPS) is 25.6. The summed E-state index contributed by atoms with van der Waals surface area (Å²) < 4.78 is 5.48. The molecule has 5 heteroatoms. The van der Waals surface area contributed by atoms with E-state index >= 15 is 0 Å². The molecule has 116 valence electrons. The lowest BCUT2D eigenvalue weighted by Gasteiger charge is -2.32. The fraction of sp³-hybridized carbons (Fsp3) is 0.933. The summed E-state index contributed by atoms with van der Waals surface area (Å²) in [6, 6.07) is 0.398. The van der Waals surface area contributed by atoms with Crippen LogP contribution in [-0.2, 0) is 4.74 Å². The number of ether oxygens (including phenoxy) is 1. The Morgan fingerprint density at radius 1 is 1.35 bits per heavy atom. The topological polar surface area (TPSA) is 36.9 Å². The Hall–Kier alpha value is -0.260. The van der Waals surface area contributed by atoms with Gasteiger partial charge >= 0.3 is 0 Å². The van der Waals surface area contributed by atoms with Gasteiger partial charge in [-0.25, -0.2) is 0 Å². The Balaban J connectivity index is 1.97. The van der Waals surface area contributed by atoms with Gasteiger partial charge in [0.2, 0.25) is 0 Å². The summed E-state index contributed by atoms with van der Waals surface area (Å²) in [4.78, 5) is 7.23. The highest BCUT2D eigenvalue weighted by molar-refractivity contribution is 8.14. The number of hydrogen-bond donors (Lipinski definition) is 1. The van der Waals surface area contributed by atoms with Gasteiger partial charge in [0, 0.05) is 25.5 Å². The summed E-state index contributed by atoms with van der Waals surface area (Å²) >= 11 is 1.90. The van der Waals surface area contributed by atoms with Crippen LogP contribution in [0.1, 0.15) is 33.1 Å². The van der Waals surface area contributed by atoms with Gasteiger partial charge in [-0.1, -0.05) is 25.6 Å². The summed E-state index contributed by atoms with van der Waals surface area (Å²) in [6.45, 7) is 7.35. The van der Waals surface area contributed by atoms with Crippen LogP contribution >= 0.6 is 11.8 Å². The molecule has 2 aliphatic rings. The Bertz CT molecular complexity index is 328. The lowest BCUT2D eigenvalue weighted by Crippen LogP contribution is -2.48. The molecule has 0 saturated carbocycles. The SMILES string of the molecule is CC(C)CC(CN(C)C)N=C1NC2(CCOCC2)CS1. The monoisotopic (exact) mass is 299 g/mol. The van der Waals surface area contributed by atoms with E-state index < -0.39 is 0 Å². The van der Waals surface area contributed by atoms with Crippen molar-refractivity contribution in [3.63, 3.8) is 0 Å². The van der Waals surface area contributed by atoms with Crippen LogP contribution in [0.5, 0.6) is 0 Å². The summed E-state index contributed by atoms with van der Waals surface area (Å²) in [5.41, 5.74) is 0.252. The number of nitrogens with one attached hydrogen (secondary N) is 1. The second-order valence-corrected chi connectivity index (χ2v) is 7.75. The zero-order valence-corrected chi connectivity index (χ0v) is 14.1. The van der Waals surface area contributed by atoms with Crippen LogP contribution < -0.4 is 5.32 Å². The molecule has 2 rings (SSSR count).